The smallest absolute Gasteiger partial charge is 0.0798 e. The second-order valence-electron chi connectivity index (χ2n) is 4.80. The molecule has 0 radical (unpaired) electrons. The summed E-state index contributed by atoms with van der Waals surface area (Å²) in [7, 11) is 2.15. The quantitative estimate of drug-likeness (QED) is 0.830. The van der Waals surface area contributed by atoms with Gasteiger partial charge in [-0.3, -0.25) is 4.90 Å². The zero-order valence-corrected chi connectivity index (χ0v) is 11.5. The molecule has 0 aromatic carbocycles. The van der Waals surface area contributed by atoms with E-state index in [9.17, 15) is 0 Å². The molecule has 16 heavy (non-hydrogen) atoms. The van der Waals surface area contributed by atoms with Crippen LogP contribution in [-0.2, 0) is 6.54 Å². The van der Waals surface area contributed by atoms with Crippen molar-refractivity contribution >= 4 is 11.3 Å². The van der Waals surface area contributed by atoms with Gasteiger partial charge in [0.15, 0.2) is 0 Å². The predicted molar refractivity (Wildman–Crippen MR) is 70.6 cm³/mol. The van der Waals surface area contributed by atoms with Crippen molar-refractivity contribution in [1.29, 1.82) is 0 Å². The van der Waals surface area contributed by atoms with E-state index in [-0.39, 0.29) is 0 Å². The van der Waals surface area contributed by atoms with Gasteiger partial charge in [-0.2, -0.15) is 0 Å². The maximum absolute atomic E-state index is 5.84. The Hall–Kier alpha value is -0.450. The van der Waals surface area contributed by atoms with Gasteiger partial charge in [-0.1, -0.05) is 13.8 Å². The van der Waals surface area contributed by atoms with Crippen LogP contribution in [-0.4, -0.2) is 29.5 Å². The van der Waals surface area contributed by atoms with Crippen LogP contribution < -0.4 is 5.73 Å². The highest BCUT2D eigenvalue weighted by atomic mass is 32.1. The van der Waals surface area contributed by atoms with E-state index in [4.69, 9.17) is 5.73 Å². The molecular formula is C12H23N3S. The summed E-state index contributed by atoms with van der Waals surface area (Å²) >= 11 is 1.73. The largest absolute Gasteiger partial charge is 0.329 e. The van der Waals surface area contributed by atoms with E-state index in [1.807, 2.05) is 5.51 Å². The van der Waals surface area contributed by atoms with Crippen LogP contribution in [0.1, 0.15) is 30.8 Å². The van der Waals surface area contributed by atoms with E-state index < -0.39 is 0 Å². The van der Waals surface area contributed by atoms with Gasteiger partial charge in [-0.05, 0) is 26.3 Å². The molecule has 2 N–H and O–H groups in total. The van der Waals surface area contributed by atoms with Gasteiger partial charge in [-0.25, -0.2) is 4.98 Å². The third kappa shape index (κ3) is 3.85. The van der Waals surface area contributed by atoms with Crippen molar-refractivity contribution in [3.05, 3.63) is 16.1 Å². The molecule has 1 unspecified atom stereocenters. The molecule has 0 spiro atoms. The van der Waals surface area contributed by atoms with E-state index in [2.05, 4.69) is 37.7 Å². The monoisotopic (exact) mass is 241 g/mol. The molecule has 3 nitrogen and oxygen atoms in total. The maximum Gasteiger partial charge on any atom is 0.0798 e. The molecule has 92 valence electrons. The zero-order chi connectivity index (χ0) is 12.1. The molecule has 1 atom stereocenters. The molecule has 1 aromatic heterocycles. The zero-order valence-electron chi connectivity index (χ0n) is 10.7. The Morgan fingerprint density at radius 2 is 2.19 bits per heavy atom. The first-order valence-electron chi connectivity index (χ1n) is 5.83. The summed E-state index contributed by atoms with van der Waals surface area (Å²) in [5.74, 6) is 0.693. The van der Waals surface area contributed by atoms with Crippen LogP contribution in [0.5, 0.6) is 0 Å². The fourth-order valence-electron chi connectivity index (χ4n) is 1.83. The van der Waals surface area contributed by atoms with Crippen LogP contribution in [0.2, 0.25) is 0 Å². The number of nitrogens with zero attached hydrogens (tertiary/aromatic N) is 2. The fourth-order valence-corrected chi connectivity index (χ4v) is 2.67. The van der Waals surface area contributed by atoms with Crippen molar-refractivity contribution in [3.63, 3.8) is 0 Å². The van der Waals surface area contributed by atoms with Gasteiger partial charge >= 0.3 is 0 Å². The molecule has 0 aliphatic carbocycles. The minimum absolute atomic E-state index is 0.474. The SMILES string of the molecule is Cc1ncsc1CN(C)C(CN)CC(C)C. The predicted octanol–water partition coefficient (Wildman–Crippen LogP) is 2.26. The number of nitrogens with two attached hydrogens (primary N) is 1. The first kappa shape index (κ1) is 13.6. The van der Waals surface area contributed by atoms with E-state index in [0.717, 1.165) is 25.2 Å². The molecule has 0 saturated carbocycles. The van der Waals surface area contributed by atoms with Crippen LogP contribution in [0.25, 0.3) is 0 Å². The lowest BCUT2D eigenvalue weighted by Crippen LogP contribution is -2.38. The Morgan fingerprint density at radius 3 is 2.62 bits per heavy atom. The Morgan fingerprint density at radius 1 is 1.50 bits per heavy atom. The fraction of sp³-hybridized carbons (Fsp3) is 0.750. The number of rotatable bonds is 6. The van der Waals surface area contributed by atoms with Crippen molar-refractivity contribution in [2.75, 3.05) is 13.6 Å². The minimum atomic E-state index is 0.474. The Labute approximate surface area is 103 Å². The average molecular weight is 241 g/mol. The Balaban J connectivity index is 2.55. The number of aromatic nitrogens is 1. The molecule has 0 saturated heterocycles. The summed E-state index contributed by atoms with van der Waals surface area (Å²) in [5.41, 5.74) is 8.90. The highest BCUT2D eigenvalue weighted by Crippen LogP contribution is 2.17. The first-order chi connectivity index (χ1) is 7.54. The highest BCUT2D eigenvalue weighted by molar-refractivity contribution is 7.09. The Kier molecular flexibility index (Phi) is 5.38. The third-order valence-corrected chi connectivity index (χ3v) is 3.80. The molecule has 1 aromatic rings. The molecule has 1 rings (SSSR count). The van der Waals surface area contributed by atoms with Crippen LogP contribution in [0.15, 0.2) is 5.51 Å². The van der Waals surface area contributed by atoms with Crippen LogP contribution >= 0.6 is 11.3 Å². The second-order valence-corrected chi connectivity index (χ2v) is 5.73. The van der Waals surface area contributed by atoms with Crippen LogP contribution in [0.4, 0.5) is 0 Å². The third-order valence-electron chi connectivity index (χ3n) is 2.88. The van der Waals surface area contributed by atoms with Gasteiger partial charge in [0.1, 0.15) is 0 Å². The van der Waals surface area contributed by atoms with Gasteiger partial charge in [0.05, 0.1) is 11.2 Å². The van der Waals surface area contributed by atoms with Gasteiger partial charge in [0, 0.05) is 24.0 Å². The summed E-state index contributed by atoms with van der Waals surface area (Å²) in [5, 5.41) is 0. The lowest BCUT2D eigenvalue weighted by Gasteiger charge is -2.28. The molecule has 0 aliphatic heterocycles. The topological polar surface area (TPSA) is 42.2 Å². The van der Waals surface area contributed by atoms with Crippen molar-refractivity contribution in [1.82, 2.24) is 9.88 Å². The Bertz CT molecular complexity index is 309. The minimum Gasteiger partial charge on any atom is -0.329 e. The molecular weight excluding hydrogens is 218 g/mol. The van der Waals surface area contributed by atoms with E-state index in [1.54, 1.807) is 11.3 Å². The van der Waals surface area contributed by atoms with Crippen molar-refractivity contribution in [3.8, 4) is 0 Å². The number of thiazole rings is 1. The van der Waals surface area contributed by atoms with Crippen molar-refractivity contribution in [2.24, 2.45) is 11.7 Å². The second kappa shape index (κ2) is 6.33. The molecule has 0 fully saturated rings. The number of hydrogen-bond acceptors (Lipinski definition) is 4. The van der Waals surface area contributed by atoms with Gasteiger partial charge in [-0.15, -0.1) is 11.3 Å². The summed E-state index contributed by atoms with van der Waals surface area (Å²) in [6.07, 6.45) is 1.16. The van der Waals surface area contributed by atoms with Gasteiger partial charge in [0.2, 0.25) is 0 Å². The van der Waals surface area contributed by atoms with Crippen molar-refractivity contribution < 1.29 is 0 Å². The number of aryl methyl sites for hydroxylation is 1. The first-order valence-corrected chi connectivity index (χ1v) is 6.71. The normalized spacial score (nSPS) is 13.7. The number of likely N-dealkylation sites (N-methyl/N-ethyl adjacent to an activating group) is 1. The molecule has 4 heteroatoms. The number of hydrogen-bond donors (Lipinski definition) is 1. The van der Waals surface area contributed by atoms with E-state index >= 15 is 0 Å². The average Bonchev–Trinajstić information content (AvgIpc) is 2.60. The van der Waals surface area contributed by atoms with Crippen molar-refractivity contribution in [2.45, 2.75) is 39.8 Å². The molecule has 1 heterocycles. The summed E-state index contributed by atoms with van der Waals surface area (Å²) in [6.45, 7) is 8.25. The molecule has 0 amide bonds. The lowest BCUT2D eigenvalue weighted by atomic mass is 10.0. The standard InChI is InChI=1S/C12H23N3S/c1-9(2)5-11(6-13)15(4)7-12-10(3)14-8-16-12/h8-9,11H,5-7,13H2,1-4H3. The maximum atomic E-state index is 5.84. The molecule has 0 bridgehead atoms. The molecule has 0 aliphatic rings. The summed E-state index contributed by atoms with van der Waals surface area (Å²) < 4.78 is 0. The highest BCUT2D eigenvalue weighted by Gasteiger charge is 2.16. The summed E-state index contributed by atoms with van der Waals surface area (Å²) in [4.78, 5) is 7.98. The van der Waals surface area contributed by atoms with Gasteiger partial charge in [0.25, 0.3) is 0 Å². The van der Waals surface area contributed by atoms with E-state index in [0.29, 0.717) is 12.0 Å². The van der Waals surface area contributed by atoms with E-state index in [1.165, 1.54) is 4.88 Å². The summed E-state index contributed by atoms with van der Waals surface area (Å²) in [6, 6.07) is 0.474. The van der Waals surface area contributed by atoms with Crippen LogP contribution in [0.3, 0.4) is 0 Å². The van der Waals surface area contributed by atoms with Crippen LogP contribution in [0, 0.1) is 12.8 Å². The van der Waals surface area contributed by atoms with Gasteiger partial charge < -0.3 is 5.73 Å². The lowest BCUT2D eigenvalue weighted by molar-refractivity contribution is 0.211.